The van der Waals surface area contributed by atoms with Crippen molar-refractivity contribution in [3.05, 3.63) is 65.2 Å². The minimum atomic E-state index is -0.623. The zero-order valence-electron chi connectivity index (χ0n) is 11.9. The van der Waals surface area contributed by atoms with Crippen LogP contribution in [0.1, 0.15) is 22.8 Å². The molecule has 2 aromatic carbocycles. The molecular weight excluding hydrogens is 252 g/mol. The molecule has 0 heterocycles. The Kier molecular flexibility index (Phi) is 5.16. The average molecular weight is 272 g/mol. The first-order chi connectivity index (χ1) is 9.70. The summed E-state index contributed by atoms with van der Waals surface area (Å²) in [7, 11) is 1.66. The molecule has 106 valence electrons. The molecular formula is C17H20O3. The lowest BCUT2D eigenvalue weighted by atomic mass is 10.0. The van der Waals surface area contributed by atoms with Crippen LogP contribution in [-0.4, -0.2) is 18.8 Å². The fraction of sp³-hybridized carbons (Fsp3) is 0.294. The first kappa shape index (κ1) is 14.6. The highest BCUT2D eigenvalue weighted by Gasteiger charge is 2.10. The average Bonchev–Trinajstić information content (AvgIpc) is 2.46. The van der Waals surface area contributed by atoms with Crippen LogP contribution in [0.2, 0.25) is 0 Å². The zero-order valence-corrected chi connectivity index (χ0v) is 11.9. The maximum atomic E-state index is 10.2. The van der Waals surface area contributed by atoms with Gasteiger partial charge in [-0.25, -0.2) is 0 Å². The number of hydrogen-bond donors (Lipinski definition) is 1. The molecule has 0 aromatic heterocycles. The third-order valence-electron chi connectivity index (χ3n) is 3.16. The first-order valence-electron chi connectivity index (χ1n) is 6.65. The van der Waals surface area contributed by atoms with Gasteiger partial charge < -0.3 is 14.6 Å². The Balaban J connectivity index is 1.98. The summed E-state index contributed by atoms with van der Waals surface area (Å²) in [6.07, 6.45) is -0.623. The molecule has 0 saturated heterocycles. The van der Waals surface area contributed by atoms with E-state index in [1.54, 1.807) is 7.11 Å². The van der Waals surface area contributed by atoms with Gasteiger partial charge in [-0.1, -0.05) is 36.4 Å². The van der Waals surface area contributed by atoms with Gasteiger partial charge in [-0.05, 0) is 35.7 Å². The van der Waals surface area contributed by atoms with Crippen molar-refractivity contribution in [1.29, 1.82) is 0 Å². The van der Waals surface area contributed by atoms with Crippen LogP contribution in [0.25, 0.3) is 0 Å². The van der Waals surface area contributed by atoms with Gasteiger partial charge in [-0.15, -0.1) is 0 Å². The molecule has 0 aliphatic heterocycles. The standard InChI is InChI=1S/C17H20O3/c1-13-6-3-4-9-16(13)17(18)12-20-15-8-5-7-14(10-15)11-19-2/h3-10,17-18H,11-12H2,1-2H3. The van der Waals surface area contributed by atoms with Crippen molar-refractivity contribution >= 4 is 0 Å². The molecule has 1 unspecified atom stereocenters. The van der Waals surface area contributed by atoms with Gasteiger partial charge in [0.1, 0.15) is 18.5 Å². The number of methoxy groups -OCH3 is 1. The number of hydrogen-bond acceptors (Lipinski definition) is 3. The SMILES string of the molecule is COCc1cccc(OCC(O)c2ccccc2C)c1. The molecule has 20 heavy (non-hydrogen) atoms. The van der Waals surface area contributed by atoms with Gasteiger partial charge in [0.05, 0.1) is 6.61 Å². The van der Waals surface area contributed by atoms with E-state index in [0.29, 0.717) is 6.61 Å². The maximum absolute atomic E-state index is 10.2. The van der Waals surface area contributed by atoms with Gasteiger partial charge in [0.15, 0.2) is 0 Å². The van der Waals surface area contributed by atoms with Gasteiger partial charge >= 0.3 is 0 Å². The highest BCUT2D eigenvalue weighted by atomic mass is 16.5. The summed E-state index contributed by atoms with van der Waals surface area (Å²) in [5, 5.41) is 10.2. The molecule has 0 amide bonds. The topological polar surface area (TPSA) is 38.7 Å². The van der Waals surface area contributed by atoms with Crippen LogP contribution in [-0.2, 0) is 11.3 Å². The summed E-state index contributed by atoms with van der Waals surface area (Å²) in [4.78, 5) is 0. The second-order valence-corrected chi connectivity index (χ2v) is 4.76. The first-order valence-corrected chi connectivity index (χ1v) is 6.65. The van der Waals surface area contributed by atoms with Crippen molar-refractivity contribution in [3.63, 3.8) is 0 Å². The number of aryl methyl sites for hydroxylation is 1. The lowest BCUT2D eigenvalue weighted by Crippen LogP contribution is -2.11. The fourth-order valence-electron chi connectivity index (χ4n) is 2.12. The van der Waals surface area contributed by atoms with Gasteiger partial charge in [-0.2, -0.15) is 0 Å². The van der Waals surface area contributed by atoms with Crippen molar-refractivity contribution in [2.75, 3.05) is 13.7 Å². The van der Waals surface area contributed by atoms with Crippen LogP contribution in [0.4, 0.5) is 0 Å². The quantitative estimate of drug-likeness (QED) is 0.877. The van der Waals surface area contributed by atoms with Crippen molar-refractivity contribution in [2.45, 2.75) is 19.6 Å². The predicted octanol–water partition coefficient (Wildman–Crippen LogP) is 3.25. The molecule has 3 nitrogen and oxygen atoms in total. The lowest BCUT2D eigenvalue weighted by molar-refractivity contribution is 0.107. The van der Waals surface area contributed by atoms with E-state index < -0.39 is 6.10 Å². The number of benzene rings is 2. The number of aliphatic hydroxyl groups is 1. The van der Waals surface area contributed by atoms with E-state index in [-0.39, 0.29) is 6.61 Å². The molecule has 1 atom stereocenters. The monoisotopic (exact) mass is 272 g/mol. The van der Waals surface area contributed by atoms with Crippen molar-refractivity contribution < 1.29 is 14.6 Å². The summed E-state index contributed by atoms with van der Waals surface area (Å²) in [5.74, 6) is 0.743. The van der Waals surface area contributed by atoms with Crippen LogP contribution in [0, 0.1) is 6.92 Å². The third kappa shape index (κ3) is 3.83. The summed E-state index contributed by atoms with van der Waals surface area (Å²) in [6, 6.07) is 15.5. The molecule has 0 fully saturated rings. The molecule has 0 radical (unpaired) electrons. The number of rotatable bonds is 6. The molecule has 2 aromatic rings. The van der Waals surface area contributed by atoms with Crippen LogP contribution >= 0.6 is 0 Å². The van der Waals surface area contributed by atoms with E-state index in [1.807, 2.05) is 55.5 Å². The highest BCUT2D eigenvalue weighted by Crippen LogP contribution is 2.20. The minimum absolute atomic E-state index is 0.237. The van der Waals surface area contributed by atoms with E-state index in [9.17, 15) is 5.11 Å². The largest absolute Gasteiger partial charge is 0.491 e. The van der Waals surface area contributed by atoms with Crippen molar-refractivity contribution in [1.82, 2.24) is 0 Å². The van der Waals surface area contributed by atoms with Crippen LogP contribution in [0.15, 0.2) is 48.5 Å². The lowest BCUT2D eigenvalue weighted by Gasteiger charge is -2.15. The van der Waals surface area contributed by atoms with E-state index >= 15 is 0 Å². The van der Waals surface area contributed by atoms with Gasteiger partial charge in [0.25, 0.3) is 0 Å². The van der Waals surface area contributed by atoms with Gasteiger partial charge in [-0.3, -0.25) is 0 Å². The van der Waals surface area contributed by atoms with E-state index in [1.165, 1.54) is 0 Å². The van der Waals surface area contributed by atoms with Crippen LogP contribution in [0.3, 0.4) is 0 Å². The molecule has 2 rings (SSSR count). The Morgan fingerprint density at radius 2 is 1.90 bits per heavy atom. The second-order valence-electron chi connectivity index (χ2n) is 4.76. The zero-order chi connectivity index (χ0) is 14.4. The third-order valence-corrected chi connectivity index (χ3v) is 3.16. The van der Waals surface area contributed by atoms with E-state index in [2.05, 4.69) is 0 Å². The van der Waals surface area contributed by atoms with Crippen molar-refractivity contribution in [3.8, 4) is 5.75 Å². The Bertz CT molecular complexity index is 551. The van der Waals surface area contributed by atoms with Gasteiger partial charge in [0.2, 0.25) is 0 Å². The summed E-state index contributed by atoms with van der Waals surface area (Å²) >= 11 is 0. The van der Waals surface area contributed by atoms with E-state index in [4.69, 9.17) is 9.47 Å². The van der Waals surface area contributed by atoms with Crippen molar-refractivity contribution in [2.24, 2.45) is 0 Å². The molecule has 0 aliphatic carbocycles. The Morgan fingerprint density at radius 3 is 2.65 bits per heavy atom. The molecule has 0 aliphatic rings. The maximum Gasteiger partial charge on any atom is 0.119 e. The van der Waals surface area contributed by atoms with Crippen LogP contribution in [0.5, 0.6) is 5.75 Å². The smallest absolute Gasteiger partial charge is 0.119 e. The number of ether oxygens (including phenoxy) is 2. The highest BCUT2D eigenvalue weighted by molar-refractivity contribution is 5.30. The second kappa shape index (κ2) is 7.08. The molecule has 0 saturated carbocycles. The number of aliphatic hydroxyl groups excluding tert-OH is 1. The minimum Gasteiger partial charge on any atom is -0.491 e. The Hall–Kier alpha value is -1.84. The van der Waals surface area contributed by atoms with Crippen LogP contribution < -0.4 is 4.74 Å². The molecule has 3 heteroatoms. The molecule has 0 spiro atoms. The Labute approximate surface area is 119 Å². The van der Waals surface area contributed by atoms with E-state index in [0.717, 1.165) is 22.4 Å². The summed E-state index contributed by atoms with van der Waals surface area (Å²) < 4.78 is 10.7. The molecule has 1 N–H and O–H groups in total. The summed E-state index contributed by atoms with van der Waals surface area (Å²) in [6.45, 7) is 2.77. The predicted molar refractivity (Wildman–Crippen MR) is 78.8 cm³/mol. The van der Waals surface area contributed by atoms with Gasteiger partial charge in [0, 0.05) is 7.11 Å². The normalized spacial score (nSPS) is 12.2. The molecule has 0 bridgehead atoms. The summed E-state index contributed by atoms with van der Waals surface area (Å²) in [5.41, 5.74) is 3.02. The Morgan fingerprint density at radius 1 is 1.10 bits per heavy atom. The fourth-order valence-corrected chi connectivity index (χ4v) is 2.12.